The van der Waals surface area contributed by atoms with Crippen molar-refractivity contribution in [1.82, 2.24) is 14.9 Å². The summed E-state index contributed by atoms with van der Waals surface area (Å²) in [5.74, 6) is 1.14. The molecule has 2 aromatic rings. The van der Waals surface area contributed by atoms with Crippen molar-refractivity contribution in [3.63, 3.8) is 0 Å². The van der Waals surface area contributed by atoms with Crippen molar-refractivity contribution < 1.29 is 4.74 Å². The molecule has 6 rings (SSSR count). The Morgan fingerprint density at radius 1 is 1.15 bits per heavy atom. The summed E-state index contributed by atoms with van der Waals surface area (Å²) in [4.78, 5) is 16.0. The van der Waals surface area contributed by atoms with E-state index in [1.165, 1.54) is 31.5 Å². The number of fused-ring (bicyclic) bond motifs is 2. The van der Waals surface area contributed by atoms with Crippen LogP contribution in [0.2, 0.25) is 0 Å². The highest BCUT2D eigenvalue weighted by Crippen LogP contribution is 2.40. The number of amidine groups is 1. The Kier molecular flexibility index (Phi) is 3.67. The fourth-order valence-corrected chi connectivity index (χ4v) is 4.41. The minimum absolute atomic E-state index is 0.139. The standard InChI is InChI=1S/C20H23N5O/c1-14-3-2-4-15(9-14)16-10-21-18(22-11-16)24-19-23-12-20(26-19)13-25-7-5-17(20)6-8-25/h2-4,9-11,17H,5-8,12-13H2,1H3,(H,21,22,23,24)/t20-/m0/s1. The first-order valence-electron chi connectivity index (χ1n) is 9.32. The maximum Gasteiger partial charge on any atom is 0.292 e. The Hall–Kier alpha value is -2.47. The molecule has 0 aliphatic carbocycles. The molecular weight excluding hydrogens is 326 g/mol. The van der Waals surface area contributed by atoms with Gasteiger partial charge in [0.1, 0.15) is 5.60 Å². The predicted octanol–water partition coefficient (Wildman–Crippen LogP) is 2.71. The van der Waals surface area contributed by atoms with Crippen LogP contribution in [0.25, 0.3) is 11.1 Å². The molecule has 26 heavy (non-hydrogen) atoms. The molecule has 1 N–H and O–H groups in total. The zero-order chi connectivity index (χ0) is 17.6. The van der Waals surface area contributed by atoms with Gasteiger partial charge in [-0.05, 0) is 38.4 Å². The van der Waals surface area contributed by atoms with E-state index in [0.29, 0.717) is 17.9 Å². The van der Waals surface area contributed by atoms with Gasteiger partial charge in [-0.2, -0.15) is 0 Å². The van der Waals surface area contributed by atoms with E-state index < -0.39 is 0 Å². The van der Waals surface area contributed by atoms with Crippen LogP contribution in [-0.2, 0) is 4.74 Å². The fourth-order valence-electron chi connectivity index (χ4n) is 4.41. The maximum absolute atomic E-state index is 6.28. The average Bonchev–Trinajstić information content (AvgIpc) is 3.05. The number of anilines is 1. The first-order valence-corrected chi connectivity index (χ1v) is 9.32. The maximum atomic E-state index is 6.28. The van der Waals surface area contributed by atoms with E-state index in [-0.39, 0.29) is 5.60 Å². The molecule has 1 spiro atoms. The largest absolute Gasteiger partial charge is 0.455 e. The van der Waals surface area contributed by atoms with Gasteiger partial charge < -0.3 is 4.74 Å². The Morgan fingerprint density at radius 2 is 1.96 bits per heavy atom. The molecule has 2 bridgehead atoms. The van der Waals surface area contributed by atoms with Crippen LogP contribution < -0.4 is 5.32 Å². The quantitative estimate of drug-likeness (QED) is 0.903. The lowest BCUT2D eigenvalue weighted by atomic mass is 9.75. The van der Waals surface area contributed by atoms with E-state index >= 15 is 0 Å². The first-order chi connectivity index (χ1) is 12.7. The van der Waals surface area contributed by atoms with E-state index in [9.17, 15) is 0 Å². The third-order valence-electron chi connectivity index (χ3n) is 5.84. The van der Waals surface area contributed by atoms with Crippen LogP contribution in [0.15, 0.2) is 41.7 Å². The van der Waals surface area contributed by atoms with Gasteiger partial charge in [0.25, 0.3) is 6.02 Å². The Morgan fingerprint density at radius 3 is 2.65 bits per heavy atom. The van der Waals surface area contributed by atoms with Crippen LogP contribution in [0.4, 0.5) is 5.95 Å². The van der Waals surface area contributed by atoms with E-state index in [4.69, 9.17) is 4.74 Å². The predicted molar refractivity (Wildman–Crippen MR) is 101 cm³/mol. The molecule has 6 heteroatoms. The number of nitrogens with one attached hydrogen (secondary N) is 1. The highest BCUT2D eigenvalue weighted by atomic mass is 16.5. The third-order valence-corrected chi connectivity index (χ3v) is 5.84. The Bertz CT molecular complexity index is 842. The van der Waals surface area contributed by atoms with Gasteiger partial charge >= 0.3 is 0 Å². The zero-order valence-electron chi connectivity index (χ0n) is 15.0. The van der Waals surface area contributed by atoms with Gasteiger partial charge in [0.05, 0.1) is 6.54 Å². The third kappa shape index (κ3) is 2.74. The van der Waals surface area contributed by atoms with E-state index in [1.807, 2.05) is 18.5 Å². The number of hydrogen-bond donors (Lipinski definition) is 1. The van der Waals surface area contributed by atoms with E-state index in [1.54, 1.807) is 0 Å². The summed E-state index contributed by atoms with van der Waals surface area (Å²) in [6.45, 7) is 6.20. The summed E-state index contributed by atoms with van der Waals surface area (Å²) in [6, 6.07) is 8.89. The molecule has 4 aliphatic rings. The van der Waals surface area contributed by atoms with Crippen LogP contribution in [0.5, 0.6) is 0 Å². The van der Waals surface area contributed by atoms with Crippen molar-refractivity contribution in [3.8, 4) is 11.1 Å². The van der Waals surface area contributed by atoms with Gasteiger partial charge in [-0.25, -0.2) is 15.0 Å². The SMILES string of the molecule is Cc1cccc(-c2cnc(NC3=NC[C@@]4(CN5CCC4CC5)O3)nc2)c1. The van der Waals surface area contributed by atoms with Crippen LogP contribution in [0.3, 0.4) is 0 Å². The molecule has 3 saturated heterocycles. The van der Waals surface area contributed by atoms with Crippen LogP contribution >= 0.6 is 0 Å². The lowest BCUT2D eigenvalue weighted by molar-refractivity contribution is -0.0829. The lowest BCUT2D eigenvalue weighted by Crippen LogP contribution is -2.61. The fraction of sp³-hybridized carbons (Fsp3) is 0.450. The van der Waals surface area contributed by atoms with Crippen molar-refractivity contribution in [2.24, 2.45) is 10.9 Å². The molecule has 134 valence electrons. The highest BCUT2D eigenvalue weighted by molar-refractivity contribution is 5.88. The van der Waals surface area contributed by atoms with Gasteiger partial charge in [-0.15, -0.1) is 0 Å². The first kappa shape index (κ1) is 15.8. The molecule has 0 saturated carbocycles. The van der Waals surface area contributed by atoms with Gasteiger partial charge in [-0.1, -0.05) is 29.8 Å². The monoisotopic (exact) mass is 349 g/mol. The molecule has 5 heterocycles. The van der Waals surface area contributed by atoms with Crippen molar-refractivity contribution in [2.45, 2.75) is 25.4 Å². The van der Waals surface area contributed by atoms with Crippen molar-refractivity contribution in [1.29, 1.82) is 0 Å². The summed E-state index contributed by atoms with van der Waals surface area (Å²) in [5.41, 5.74) is 3.21. The number of aliphatic imine (C=N–C) groups is 1. The second-order valence-corrected chi connectivity index (χ2v) is 7.63. The van der Waals surface area contributed by atoms with Gasteiger partial charge in [0.15, 0.2) is 0 Å². The minimum atomic E-state index is -0.139. The normalized spacial score (nSPS) is 29.5. The van der Waals surface area contributed by atoms with Crippen molar-refractivity contribution >= 4 is 12.0 Å². The molecule has 1 atom stereocenters. The second-order valence-electron chi connectivity index (χ2n) is 7.63. The summed E-state index contributed by atoms with van der Waals surface area (Å²) in [7, 11) is 0. The zero-order valence-corrected chi connectivity index (χ0v) is 15.0. The average molecular weight is 349 g/mol. The number of nitrogens with zero attached hydrogens (tertiary/aromatic N) is 4. The number of rotatable bonds is 2. The van der Waals surface area contributed by atoms with E-state index in [0.717, 1.165) is 24.2 Å². The van der Waals surface area contributed by atoms with Crippen LogP contribution in [-0.4, -0.2) is 52.7 Å². The lowest BCUT2D eigenvalue weighted by Gasteiger charge is -2.50. The summed E-state index contributed by atoms with van der Waals surface area (Å²) >= 11 is 0. The van der Waals surface area contributed by atoms with Crippen molar-refractivity contribution in [3.05, 3.63) is 42.2 Å². The molecule has 0 amide bonds. The summed E-state index contributed by atoms with van der Waals surface area (Å²) < 4.78 is 6.28. The molecule has 0 radical (unpaired) electrons. The molecule has 4 aliphatic heterocycles. The van der Waals surface area contributed by atoms with Gasteiger partial charge in [-0.3, -0.25) is 10.2 Å². The molecule has 3 fully saturated rings. The smallest absolute Gasteiger partial charge is 0.292 e. The number of hydrogen-bond acceptors (Lipinski definition) is 6. The molecule has 1 aromatic heterocycles. The minimum Gasteiger partial charge on any atom is -0.455 e. The number of piperidine rings is 3. The van der Waals surface area contributed by atoms with E-state index in [2.05, 4.69) is 50.3 Å². The molecule has 6 nitrogen and oxygen atoms in total. The summed E-state index contributed by atoms with van der Waals surface area (Å²) in [6.07, 6.45) is 6.10. The number of benzene rings is 1. The number of aryl methyl sites for hydroxylation is 1. The summed E-state index contributed by atoms with van der Waals surface area (Å²) in [5, 5.41) is 3.15. The Balaban J connectivity index is 1.27. The molecule has 1 aromatic carbocycles. The highest BCUT2D eigenvalue weighted by Gasteiger charge is 2.51. The van der Waals surface area contributed by atoms with Crippen LogP contribution in [0, 0.1) is 12.8 Å². The topological polar surface area (TPSA) is 62.6 Å². The number of aromatic nitrogens is 2. The van der Waals surface area contributed by atoms with Gasteiger partial charge in [0.2, 0.25) is 5.95 Å². The molecule has 0 unspecified atom stereocenters. The van der Waals surface area contributed by atoms with Crippen molar-refractivity contribution in [2.75, 3.05) is 31.5 Å². The van der Waals surface area contributed by atoms with Gasteiger partial charge in [0, 0.05) is 30.4 Å². The Labute approximate surface area is 153 Å². The van der Waals surface area contributed by atoms with Crippen LogP contribution in [0.1, 0.15) is 18.4 Å². The number of ether oxygens (including phenoxy) is 1. The molecular formula is C20H23N5O. The second kappa shape index (κ2) is 6.06.